The zero-order valence-corrected chi connectivity index (χ0v) is 14.6. The third kappa shape index (κ3) is 3.10. The molecule has 1 aliphatic heterocycles. The van der Waals surface area contributed by atoms with Crippen LogP contribution in [-0.4, -0.2) is 43.2 Å². The highest BCUT2D eigenvalue weighted by molar-refractivity contribution is 5.71. The van der Waals surface area contributed by atoms with Gasteiger partial charge < -0.3 is 9.42 Å². The summed E-state index contributed by atoms with van der Waals surface area (Å²) < 4.78 is 5.50. The molecule has 0 N–H and O–H groups in total. The van der Waals surface area contributed by atoms with Crippen LogP contribution in [-0.2, 0) is 0 Å². The van der Waals surface area contributed by atoms with E-state index in [0.717, 1.165) is 43.0 Å². The second kappa shape index (κ2) is 6.71. The SMILES string of the molecule is c1ccc(-c2noc(C3CCN(c4ccc5nccnc5n4)CC3)n2)nc1. The van der Waals surface area contributed by atoms with Crippen LogP contribution in [0.25, 0.3) is 22.7 Å². The average molecular weight is 359 g/mol. The molecule has 1 fully saturated rings. The van der Waals surface area contributed by atoms with Crippen LogP contribution in [0.1, 0.15) is 24.7 Å². The van der Waals surface area contributed by atoms with Gasteiger partial charge in [-0.1, -0.05) is 11.2 Å². The molecule has 0 aliphatic carbocycles. The van der Waals surface area contributed by atoms with E-state index in [-0.39, 0.29) is 5.92 Å². The van der Waals surface area contributed by atoms with Gasteiger partial charge in [0, 0.05) is 37.6 Å². The minimum atomic E-state index is 0.256. The van der Waals surface area contributed by atoms with Crippen LogP contribution in [0.4, 0.5) is 5.82 Å². The van der Waals surface area contributed by atoms with Gasteiger partial charge in [0.1, 0.15) is 17.0 Å². The molecule has 134 valence electrons. The number of hydrogen-bond acceptors (Lipinski definition) is 8. The Bertz CT molecular complexity index is 1060. The quantitative estimate of drug-likeness (QED) is 0.551. The number of pyridine rings is 2. The predicted octanol–water partition coefficient (Wildman–Crippen LogP) is 2.85. The van der Waals surface area contributed by atoms with E-state index in [0.29, 0.717) is 17.4 Å². The van der Waals surface area contributed by atoms with Crippen molar-refractivity contribution in [3.8, 4) is 11.5 Å². The predicted molar refractivity (Wildman–Crippen MR) is 99.1 cm³/mol. The molecule has 0 saturated carbocycles. The molecule has 5 heterocycles. The van der Waals surface area contributed by atoms with Crippen molar-refractivity contribution in [1.29, 1.82) is 0 Å². The molecular weight excluding hydrogens is 342 g/mol. The van der Waals surface area contributed by atoms with Crippen molar-refractivity contribution >= 4 is 17.0 Å². The van der Waals surface area contributed by atoms with Crippen molar-refractivity contribution in [1.82, 2.24) is 30.1 Å². The number of rotatable bonds is 3. The molecule has 27 heavy (non-hydrogen) atoms. The van der Waals surface area contributed by atoms with Gasteiger partial charge in [0.05, 0.1) is 0 Å². The van der Waals surface area contributed by atoms with Gasteiger partial charge in [-0.15, -0.1) is 0 Å². The fourth-order valence-electron chi connectivity index (χ4n) is 3.38. The van der Waals surface area contributed by atoms with Gasteiger partial charge in [-0.2, -0.15) is 4.98 Å². The van der Waals surface area contributed by atoms with E-state index in [9.17, 15) is 0 Å². The molecule has 8 heteroatoms. The Hall–Kier alpha value is -3.42. The molecule has 0 unspecified atom stereocenters. The van der Waals surface area contributed by atoms with E-state index in [4.69, 9.17) is 4.52 Å². The number of aromatic nitrogens is 6. The lowest BCUT2D eigenvalue weighted by Gasteiger charge is -2.31. The van der Waals surface area contributed by atoms with Crippen LogP contribution >= 0.6 is 0 Å². The first-order valence-corrected chi connectivity index (χ1v) is 8.94. The van der Waals surface area contributed by atoms with Gasteiger partial charge in [0.15, 0.2) is 5.65 Å². The zero-order valence-electron chi connectivity index (χ0n) is 14.6. The average Bonchev–Trinajstić information content (AvgIpc) is 3.24. The smallest absolute Gasteiger partial charge is 0.230 e. The molecule has 0 amide bonds. The number of anilines is 1. The number of fused-ring (bicyclic) bond motifs is 1. The first-order chi connectivity index (χ1) is 13.4. The summed E-state index contributed by atoms with van der Waals surface area (Å²) in [5.74, 6) is 2.42. The van der Waals surface area contributed by atoms with E-state index in [1.165, 1.54) is 0 Å². The van der Waals surface area contributed by atoms with E-state index in [2.05, 4.69) is 35.0 Å². The van der Waals surface area contributed by atoms with Gasteiger partial charge in [-0.3, -0.25) is 9.97 Å². The summed E-state index contributed by atoms with van der Waals surface area (Å²) in [6.45, 7) is 1.76. The maximum absolute atomic E-state index is 5.50. The lowest BCUT2D eigenvalue weighted by molar-refractivity contribution is 0.329. The Morgan fingerprint density at radius 3 is 2.63 bits per heavy atom. The lowest BCUT2D eigenvalue weighted by Crippen LogP contribution is -2.33. The van der Waals surface area contributed by atoms with Crippen LogP contribution in [0.2, 0.25) is 0 Å². The van der Waals surface area contributed by atoms with Gasteiger partial charge in [-0.25, -0.2) is 9.97 Å². The normalized spacial score (nSPS) is 15.3. The molecule has 8 nitrogen and oxygen atoms in total. The van der Waals surface area contributed by atoms with Gasteiger partial charge in [0.25, 0.3) is 0 Å². The van der Waals surface area contributed by atoms with Crippen molar-refractivity contribution in [2.24, 2.45) is 0 Å². The molecule has 0 aromatic carbocycles. The van der Waals surface area contributed by atoms with E-state index >= 15 is 0 Å². The molecule has 5 rings (SSSR count). The first kappa shape index (κ1) is 15.8. The summed E-state index contributed by atoms with van der Waals surface area (Å²) in [7, 11) is 0. The van der Waals surface area contributed by atoms with Crippen LogP contribution < -0.4 is 4.90 Å². The summed E-state index contributed by atoms with van der Waals surface area (Å²) in [4.78, 5) is 24.3. The van der Waals surface area contributed by atoms with Crippen LogP contribution in [0.15, 0.2) is 53.4 Å². The largest absolute Gasteiger partial charge is 0.356 e. The molecule has 4 aromatic heterocycles. The summed E-state index contributed by atoms with van der Waals surface area (Å²) in [6.07, 6.45) is 6.94. The van der Waals surface area contributed by atoms with E-state index in [1.54, 1.807) is 18.6 Å². The third-order valence-electron chi connectivity index (χ3n) is 4.82. The fraction of sp³-hybridized carbons (Fsp3) is 0.263. The van der Waals surface area contributed by atoms with Crippen molar-refractivity contribution in [2.75, 3.05) is 18.0 Å². The molecule has 4 aromatic rings. The summed E-state index contributed by atoms with van der Waals surface area (Å²) >= 11 is 0. The number of piperidine rings is 1. The molecule has 1 aliphatic rings. The minimum absolute atomic E-state index is 0.256. The minimum Gasteiger partial charge on any atom is -0.356 e. The van der Waals surface area contributed by atoms with Crippen molar-refractivity contribution in [3.63, 3.8) is 0 Å². The summed E-state index contributed by atoms with van der Waals surface area (Å²) in [6, 6.07) is 9.63. The van der Waals surface area contributed by atoms with E-state index < -0.39 is 0 Å². The van der Waals surface area contributed by atoms with Crippen molar-refractivity contribution in [2.45, 2.75) is 18.8 Å². The van der Waals surface area contributed by atoms with Gasteiger partial charge in [0.2, 0.25) is 11.7 Å². The molecule has 0 spiro atoms. The summed E-state index contributed by atoms with van der Waals surface area (Å²) in [5.41, 5.74) is 2.21. The molecule has 0 bridgehead atoms. The lowest BCUT2D eigenvalue weighted by atomic mass is 9.97. The molecular formula is C19H17N7O. The monoisotopic (exact) mass is 359 g/mol. The standard InChI is InChI=1S/C19H17N7O/c1-2-8-20-14(3-1)18-24-19(27-25-18)13-6-11-26(12-7-13)16-5-4-15-17(23-16)22-10-9-21-15/h1-5,8-10,13H,6-7,11-12H2. The fourth-order valence-corrected chi connectivity index (χ4v) is 3.38. The zero-order chi connectivity index (χ0) is 18.1. The van der Waals surface area contributed by atoms with Gasteiger partial charge >= 0.3 is 0 Å². The maximum atomic E-state index is 5.50. The van der Waals surface area contributed by atoms with Crippen LogP contribution in [0.5, 0.6) is 0 Å². The highest BCUT2D eigenvalue weighted by Crippen LogP contribution is 2.30. The topological polar surface area (TPSA) is 93.7 Å². The van der Waals surface area contributed by atoms with E-state index in [1.807, 2.05) is 30.3 Å². The molecule has 0 atom stereocenters. The maximum Gasteiger partial charge on any atom is 0.230 e. The highest BCUT2D eigenvalue weighted by atomic mass is 16.5. The number of nitrogens with zero attached hydrogens (tertiary/aromatic N) is 7. The highest BCUT2D eigenvalue weighted by Gasteiger charge is 2.26. The Labute approximate surface area is 155 Å². The number of hydrogen-bond donors (Lipinski definition) is 0. The summed E-state index contributed by atoms with van der Waals surface area (Å²) in [5, 5.41) is 4.08. The van der Waals surface area contributed by atoms with Crippen LogP contribution in [0, 0.1) is 0 Å². The molecule has 0 radical (unpaired) electrons. The first-order valence-electron chi connectivity index (χ1n) is 8.94. The second-order valence-electron chi connectivity index (χ2n) is 6.50. The van der Waals surface area contributed by atoms with Crippen molar-refractivity contribution in [3.05, 3.63) is 54.8 Å². The van der Waals surface area contributed by atoms with Crippen molar-refractivity contribution < 1.29 is 4.52 Å². The second-order valence-corrected chi connectivity index (χ2v) is 6.50. The Balaban J connectivity index is 1.29. The Kier molecular flexibility index (Phi) is 3.93. The Morgan fingerprint density at radius 1 is 0.889 bits per heavy atom. The van der Waals surface area contributed by atoms with Gasteiger partial charge in [-0.05, 0) is 37.1 Å². The third-order valence-corrected chi connectivity index (χ3v) is 4.82. The molecule has 1 saturated heterocycles. The Morgan fingerprint density at radius 2 is 1.78 bits per heavy atom. The van der Waals surface area contributed by atoms with Crippen LogP contribution in [0.3, 0.4) is 0 Å².